The highest BCUT2D eigenvalue weighted by atomic mass is 16.5. The third-order valence-electron chi connectivity index (χ3n) is 1.37. The lowest BCUT2D eigenvalue weighted by atomic mass is 10.3. The first kappa shape index (κ1) is 9.23. The van der Waals surface area contributed by atoms with Crippen molar-refractivity contribution in [2.75, 3.05) is 20.8 Å². The molecule has 1 amide bonds. The summed E-state index contributed by atoms with van der Waals surface area (Å²) in [6.07, 6.45) is -0.926. The van der Waals surface area contributed by atoms with Gasteiger partial charge in [-0.3, -0.25) is 0 Å². The van der Waals surface area contributed by atoms with E-state index in [4.69, 9.17) is 9.84 Å². The fourth-order valence-corrected chi connectivity index (χ4v) is 0.542. The van der Waals surface area contributed by atoms with Crippen molar-refractivity contribution < 1.29 is 14.6 Å². The first-order valence-corrected chi connectivity index (χ1v) is 3.04. The third kappa shape index (κ3) is 2.68. The van der Waals surface area contributed by atoms with E-state index in [1.54, 1.807) is 14.0 Å². The summed E-state index contributed by atoms with van der Waals surface area (Å²) in [5.41, 5.74) is 0. The molecule has 0 rings (SSSR count). The molecule has 0 heterocycles. The quantitative estimate of drug-likeness (QED) is 0.637. The number of carboxylic acid groups (broad SMARTS) is 1. The average molecular weight is 147 g/mol. The smallest absolute Gasteiger partial charge is 0.407 e. The number of ether oxygens (including phenoxy) is 1. The molecule has 10 heavy (non-hydrogen) atoms. The van der Waals surface area contributed by atoms with Crippen LogP contribution in [0.4, 0.5) is 4.79 Å². The maximum atomic E-state index is 10.3. The van der Waals surface area contributed by atoms with Gasteiger partial charge in [0.2, 0.25) is 0 Å². The number of hydrogen-bond acceptors (Lipinski definition) is 2. The highest BCUT2D eigenvalue weighted by molar-refractivity contribution is 5.64. The Labute approximate surface area is 60.4 Å². The zero-order valence-electron chi connectivity index (χ0n) is 6.50. The largest absolute Gasteiger partial charge is 0.465 e. The van der Waals surface area contributed by atoms with Crippen molar-refractivity contribution in [1.29, 1.82) is 0 Å². The van der Waals surface area contributed by atoms with E-state index in [9.17, 15) is 4.79 Å². The van der Waals surface area contributed by atoms with E-state index in [0.717, 1.165) is 0 Å². The molecular formula is C6H13NO3. The lowest BCUT2D eigenvalue weighted by molar-refractivity contribution is 0.0992. The second kappa shape index (κ2) is 4.11. The molecule has 0 aliphatic carbocycles. The van der Waals surface area contributed by atoms with Gasteiger partial charge in [-0.05, 0) is 6.92 Å². The van der Waals surface area contributed by atoms with Gasteiger partial charge >= 0.3 is 6.09 Å². The Balaban J connectivity index is 3.69. The van der Waals surface area contributed by atoms with E-state index in [1.807, 2.05) is 0 Å². The van der Waals surface area contributed by atoms with Crippen LogP contribution in [0.15, 0.2) is 0 Å². The summed E-state index contributed by atoms with van der Waals surface area (Å²) in [5, 5.41) is 8.45. The van der Waals surface area contributed by atoms with Crippen molar-refractivity contribution in [3.05, 3.63) is 0 Å². The maximum Gasteiger partial charge on any atom is 0.407 e. The lowest BCUT2D eigenvalue weighted by Gasteiger charge is -2.20. The fourth-order valence-electron chi connectivity index (χ4n) is 0.542. The minimum absolute atomic E-state index is 0.0810. The second-order valence-corrected chi connectivity index (χ2v) is 2.20. The molecule has 1 N–H and O–H groups in total. The van der Waals surface area contributed by atoms with Crippen LogP contribution in [-0.2, 0) is 4.74 Å². The number of rotatable bonds is 3. The molecule has 4 heteroatoms. The Bertz CT molecular complexity index is 116. The zero-order valence-corrected chi connectivity index (χ0v) is 6.50. The predicted octanol–water partition coefficient (Wildman–Crippen LogP) is 0.631. The fraction of sp³-hybridized carbons (Fsp3) is 0.833. The Morgan fingerprint density at radius 1 is 1.80 bits per heavy atom. The molecule has 0 fully saturated rings. The summed E-state index contributed by atoms with van der Waals surface area (Å²) >= 11 is 0. The normalized spacial score (nSPS) is 12.7. The maximum absolute atomic E-state index is 10.3. The van der Waals surface area contributed by atoms with Crippen LogP contribution in [0.3, 0.4) is 0 Å². The number of nitrogens with zero attached hydrogens (tertiary/aromatic N) is 1. The number of likely N-dealkylation sites (N-methyl/N-ethyl adjacent to an activating group) is 1. The Morgan fingerprint density at radius 2 is 2.30 bits per heavy atom. The average Bonchev–Trinajstić information content (AvgIpc) is 1.87. The Kier molecular flexibility index (Phi) is 3.79. The van der Waals surface area contributed by atoms with Crippen LogP contribution >= 0.6 is 0 Å². The highest BCUT2D eigenvalue weighted by Gasteiger charge is 2.12. The van der Waals surface area contributed by atoms with Crippen molar-refractivity contribution in [1.82, 2.24) is 4.90 Å². The molecule has 4 nitrogen and oxygen atoms in total. The van der Waals surface area contributed by atoms with Gasteiger partial charge in [0.05, 0.1) is 12.6 Å². The van der Waals surface area contributed by atoms with E-state index in [0.29, 0.717) is 6.61 Å². The minimum atomic E-state index is -0.926. The third-order valence-corrected chi connectivity index (χ3v) is 1.37. The molecule has 0 unspecified atom stereocenters. The van der Waals surface area contributed by atoms with Crippen LogP contribution in [0.25, 0.3) is 0 Å². The number of amides is 1. The van der Waals surface area contributed by atoms with Crippen molar-refractivity contribution >= 4 is 6.09 Å². The monoisotopic (exact) mass is 147 g/mol. The predicted molar refractivity (Wildman–Crippen MR) is 37.1 cm³/mol. The van der Waals surface area contributed by atoms with Gasteiger partial charge in [-0.1, -0.05) is 0 Å². The van der Waals surface area contributed by atoms with Gasteiger partial charge in [0.15, 0.2) is 0 Å². The van der Waals surface area contributed by atoms with E-state index < -0.39 is 6.09 Å². The summed E-state index contributed by atoms with van der Waals surface area (Å²) in [7, 11) is 3.07. The number of hydrogen-bond donors (Lipinski definition) is 1. The molecule has 0 radical (unpaired) electrons. The molecule has 60 valence electrons. The van der Waals surface area contributed by atoms with Crippen LogP contribution in [-0.4, -0.2) is 42.9 Å². The molecule has 0 aromatic carbocycles. The van der Waals surface area contributed by atoms with Crippen molar-refractivity contribution in [3.8, 4) is 0 Å². The first-order valence-electron chi connectivity index (χ1n) is 3.04. The highest BCUT2D eigenvalue weighted by Crippen LogP contribution is 1.94. The summed E-state index contributed by atoms with van der Waals surface area (Å²) in [5.74, 6) is 0. The SMILES string of the molecule is COC[C@H](C)N(C)C(=O)O. The summed E-state index contributed by atoms with van der Waals surface area (Å²) in [6.45, 7) is 2.22. The van der Waals surface area contributed by atoms with Crippen molar-refractivity contribution in [2.24, 2.45) is 0 Å². The number of carbonyl (C=O) groups is 1. The first-order chi connectivity index (χ1) is 4.59. The van der Waals surface area contributed by atoms with Crippen LogP contribution < -0.4 is 0 Å². The van der Waals surface area contributed by atoms with Gasteiger partial charge in [-0.2, -0.15) is 0 Å². The van der Waals surface area contributed by atoms with Gasteiger partial charge in [0, 0.05) is 14.2 Å². The van der Waals surface area contributed by atoms with E-state index >= 15 is 0 Å². The van der Waals surface area contributed by atoms with Crippen LogP contribution in [0.2, 0.25) is 0 Å². The standard InChI is InChI=1S/C6H13NO3/c1-5(4-10-3)7(2)6(8)9/h5H,4H2,1-3H3,(H,8,9)/t5-/m0/s1. The van der Waals surface area contributed by atoms with Gasteiger partial charge in [-0.15, -0.1) is 0 Å². The molecule has 0 saturated carbocycles. The molecule has 0 saturated heterocycles. The van der Waals surface area contributed by atoms with Crippen LogP contribution in [0.5, 0.6) is 0 Å². The van der Waals surface area contributed by atoms with Crippen LogP contribution in [0.1, 0.15) is 6.92 Å². The van der Waals surface area contributed by atoms with E-state index in [-0.39, 0.29) is 6.04 Å². The van der Waals surface area contributed by atoms with E-state index in [2.05, 4.69) is 0 Å². The van der Waals surface area contributed by atoms with Gasteiger partial charge in [-0.25, -0.2) is 4.79 Å². The summed E-state index contributed by atoms with van der Waals surface area (Å²) in [4.78, 5) is 11.5. The topological polar surface area (TPSA) is 49.8 Å². The van der Waals surface area contributed by atoms with Crippen molar-refractivity contribution in [2.45, 2.75) is 13.0 Å². The van der Waals surface area contributed by atoms with Crippen LogP contribution in [0, 0.1) is 0 Å². The molecule has 0 aromatic rings. The molecule has 0 spiro atoms. The molecular weight excluding hydrogens is 134 g/mol. The summed E-state index contributed by atoms with van der Waals surface area (Å²) < 4.78 is 4.77. The molecule has 0 bridgehead atoms. The molecule has 0 aliphatic rings. The van der Waals surface area contributed by atoms with Crippen molar-refractivity contribution in [3.63, 3.8) is 0 Å². The van der Waals surface area contributed by atoms with Gasteiger partial charge in [0.1, 0.15) is 0 Å². The number of methoxy groups -OCH3 is 1. The second-order valence-electron chi connectivity index (χ2n) is 2.20. The molecule has 1 atom stereocenters. The summed E-state index contributed by atoms with van der Waals surface area (Å²) in [6, 6.07) is -0.0810. The van der Waals surface area contributed by atoms with Gasteiger partial charge in [0.25, 0.3) is 0 Å². The van der Waals surface area contributed by atoms with Gasteiger partial charge < -0.3 is 14.7 Å². The molecule has 0 aromatic heterocycles. The lowest BCUT2D eigenvalue weighted by Crippen LogP contribution is -2.36. The minimum Gasteiger partial charge on any atom is -0.465 e. The Morgan fingerprint density at radius 3 is 2.60 bits per heavy atom. The Hall–Kier alpha value is -0.770. The zero-order chi connectivity index (χ0) is 8.15. The van der Waals surface area contributed by atoms with E-state index in [1.165, 1.54) is 11.9 Å². The molecule has 0 aliphatic heterocycles.